The summed E-state index contributed by atoms with van der Waals surface area (Å²) in [4.78, 5) is 48.7. The predicted octanol–water partition coefficient (Wildman–Crippen LogP) is 9.70. The summed E-state index contributed by atoms with van der Waals surface area (Å²) in [7, 11) is 0. The van der Waals surface area contributed by atoms with Gasteiger partial charge in [-0.1, -0.05) is 11.8 Å². The maximum atomic E-state index is 12.1. The summed E-state index contributed by atoms with van der Waals surface area (Å²) in [6, 6.07) is 23.8. The molecule has 0 fully saturated rings. The zero-order valence-corrected chi connectivity index (χ0v) is 39.1. The van der Waals surface area contributed by atoms with Crippen molar-refractivity contribution >= 4 is 136 Å². The molecule has 5 N–H and O–H groups in total. The Labute approximate surface area is 397 Å². The number of pyridine rings is 2. The van der Waals surface area contributed by atoms with Crippen molar-refractivity contribution in [3.8, 4) is 34.5 Å². The van der Waals surface area contributed by atoms with E-state index in [0.29, 0.717) is 46.9 Å². The van der Waals surface area contributed by atoms with E-state index in [1.54, 1.807) is 77.3 Å². The van der Waals surface area contributed by atoms with Crippen LogP contribution in [0.4, 0.5) is 17.1 Å². The highest BCUT2D eigenvalue weighted by Gasteiger charge is 2.16. The molecule has 64 heavy (non-hydrogen) atoms. The van der Waals surface area contributed by atoms with Gasteiger partial charge in [-0.05, 0) is 98.3 Å². The van der Waals surface area contributed by atoms with Crippen molar-refractivity contribution < 1.29 is 42.8 Å². The molecular weight excluding hydrogens is 969 g/mol. The standard InChI is InChI=1S/C16H13N3O3S2.C9H8ClNO3.C7H6N2S2.C7H7NO2.C2H2Cl2O/c1-9-2-5-13-15(17-9)19-16(24-13)23-7-14(20)18-10-3-4-11-12(6-10)22-8-21-11;10-4-9(12)11-6-1-2-7-8(3-6)14-5-13-7;1-4-2-3-5-6(8-4)9-7(10)11-5;8-5-1-2-6-7(3-5)10-4-9-6;3-1-2(4)5/h2-6H,7-8H2,1H3,(H,18,20);1-3H,4-5H2,(H,11,12);2-3H,1H3,(H,8,9,10);1-3H,4,8H2;1H2. The monoisotopic (exact) mass is 1000 g/mol. The lowest BCUT2D eigenvalue weighted by Gasteiger charge is -2.05. The molecule has 16 nitrogen and oxygen atoms in total. The highest BCUT2D eigenvalue weighted by molar-refractivity contribution is 8.01. The van der Waals surface area contributed by atoms with Crippen LogP contribution in [0.5, 0.6) is 34.5 Å². The number of fused-ring (bicyclic) bond motifs is 5. The summed E-state index contributed by atoms with van der Waals surface area (Å²) in [6.45, 7) is 4.65. The fraction of sp³-hybridized carbons (Fsp3) is 0.195. The van der Waals surface area contributed by atoms with E-state index in [4.69, 9.17) is 81.2 Å². The molecule has 2 amide bonds. The van der Waals surface area contributed by atoms with Crippen LogP contribution in [-0.2, 0) is 14.4 Å². The molecule has 0 atom stereocenters. The number of H-pyrrole nitrogens is 1. The molecule has 3 aliphatic rings. The Morgan fingerprint density at radius 1 is 0.688 bits per heavy atom. The Kier molecular flexibility index (Phi) is 17.5. The number of hydrogen-bond acceptors (Lipinski definition) is 17. The van der Waals surface area contributed by atoms with Crippen LogP contribution in [0.3, 0.4) is 0 Å². The number of carbonyl (C=O) groups is 3. The number of benzene rings is 3. The number of alkyl halides is 2. The summed E-state index contributed by atoms with van der Waals surface area (Å²) in [6.07, 6.45) is 0. The second-order valence-electron chi connectivity index (χ2n) is 12.8. The Balaban J connectivity index is 0.000000145. The third-order valence-corrected chi connectivity index (χ3v) is 12.2. The molecule has 0 radical (unpaired) electrons. The number of nitrogens with two attached hydrogens (primary N) is 1. The lowest BCUT2D eigenvalue weighted by Crippen LogP contribution is -2.13. The molecule has 0 unspecified atom stereocenters. The van der Waals surface area contributed by atoms with Crippen molar-refractivity contribution in [3.05, 3.63) is 94.2 Å². The Hall–Kier alpha value is -5.61. The van der Waals surface area contributed by atoms with Crippen molar-refractivity contribution in [2.45, 2.75) is 18.2 Å². The number of aryl methyl sites for hydroxylation is 2. The van der Waals surface area contributed by atoms with Gasteiger partial charge in [-0.2, -0.15) is 0 Å². The van der Waals surface area contributed by atoms with Gasteiger partial charge in [0, 0.05) is 46.6 Å². The van der Waals surface area contributed by atoms with Crippen molar-refractivity contribution in [3.63, 3.8) is 0 Å². The third-order valence-electron chi connectivity index (χ3n) is 8.06. The number of hydrogen-bond donors (Lipinski definition) is 4. The number of halogens is 3. The molecule has 7 heterocycles. The summed E-state index contributed by atoms with van der Waals surface area (Å²) in [5, 5.41) is 4.96. The second-order valence-corrected chi connectivity index (χ2v) is 17.8. The Bertz CT molecular complexity index is 2830. The minimum atomic E-state index is -0.508. The van der Waals surface area contributed by atoms with Crippen molar-refractivity contribution in [1.29, 1.82) is 0 Å². The van der Waals surface area contributed by atoms with Crippen molar-refractivity contribution in [1.82, 2.24) is 19.9 Å². The van der Waals surface area contributed by atoms with Gasteiger partial charge in [0.15, 0.2) is 48.4 Å². The number of nitrogen functional groups attached to an aromatic ring is 1. The summed E-state index contributed by atoms with van der Waals surface area (Å²) in [5.74, 6) is 3.96. The predicted molar refractivity (Wildman–Crippen MR) is 254 cm³/mol. The molecular formula is C41H36Cl3N7O9S4. The molecule has 10 rings (SSSR count). The number of nitrogens with zero attached hydrogens (tertiary/aromatic N) is 3. The van der Waals surface area contributed by atoms with Gasteiger partial charge >= 0.3 is 0 Å². The van der Waals surface area contributed by atoms with Crippen LogP contribution < -0.4 is 44.8 Å². The van der Waals surface area contributed by atoms with E-state index in [1.807, 2.05) is 38.1 Å². The summed E-state index contributed by atoms with van der Waals surface area (Å²) < 4.78 is 34.8. The first-order valence-corrected chi connectivity index (χ1v) is 23.0. The van der Waals surface area contributed by atoms with Crippen molar-refractivity contribution in [2.75, 3.05) is 54.3 Å². The first kappa shape index (κ1) is 47.9. The van der Waals surface area contributed by atoms with E-state index in [9.17, 15) is 14.4 Å². The average Bonchev–Trinajstić information content (AvgIpc) is 4.14. The molecule has 23 heteroatoms. The van der Waals surface area contributed by atoms with Crippen LogP contribution in [-0.4, -0.2) is 74.9 Å². The topological polar surface area (TPSA) is 211 Å². The number of aromatic nitrogens is 4. The maximum Gasteiger partial charge on any atom is 0.239 e. The number of rotatable bonds is 7. The SMILES string of the molecule is Cc1ccc2sc(=S)[nH]c2n1.Cc1ccc2sc(SCC(=O)Nc3ccc4c(c3)OCO4)nc2n1.Nc1ccc2c(c1)OCO2.O=C(CCl)Nc1ccc2c(c1)OCO2.O=C(Cl)CCl. The quantitative estimate of drug-likeness (QED) is 0.0385. The highest BCUT2D eigenvalue weighted by Crippen LogP contribution is 2.36. The molecule has 0 spiro atoms. The lowest BCUT2D eigenvalue weighted by molar-refractivity contribution is -0.114. The van der Waals surface area contributed by atoms with E-state index in [0.717, 1.165) is 51.9 Å². The number of carbonyl (C=O) groups excluding carboxylic acids is 3. The molecule has 4 aromatic heterocycles. The van der Waals surface area contributed by atoms with Crippen molar-refractivity contribution in [2.24, 2.45) is 0 Å². The number of anilines is 3. The molecule has 0 bridgehead atoms. The normalized spacial score (nSPS) is 12.0. The minimum Gasteiger partial charge on any atom is -0.454 e. The summed E-state index contributed by atoms with van der Waals surface area (Å²) >= 11 is 24.4. The van der Waals surface area contributed by atoms with Crippen LogP contribution >= 0.6 is 81.5 Å². The molecule has 0 saturated carbocycles. The third kappa shape index (κ3) is 14.2. The molecule has 334 valence electrons. The largest absolute Gasteiger partial charge is 0.454 e. The number of thiazole rings is 2. The smallest absolute Gasteiger partial charge is 0.239 e. The van der Waals surface area contributed by atoms with E-state index < -0.39 is 5.24 Å². The summed E-state index contributed by atoms with van der Waals surface area (Å²) in [5.41, 5.74) is 11.1. The van der Waals surface area contributed by atoms with Gasteiger partial charge in [0.2, 0.25) is 37.4 Å². The number of aromatic amines is 1. The van der Waals surface area contributed by atoms with Gasteiger partial charge in [-0.25, -0.2) is 15.0 Å². The van der Waals surface area contributed by atoms with Gasteiger partial charge in [0.1, 0.15) is 11.5 Å². The minimum absolute atomic E-state index is 0.0611. The number of ether oxygens (including phenoxy) is 6. The van der Waals surface area contributed by atoms with Crippen LogP contribution in [0.1, 0.15) is 11.4 Å². The van der Waals surface area contributed by atoms with E-state index in [1.165, 1.54) is 11.8 Å². The van der Waals surface area contributed by atoms with Gasteiger partial charge in [0.25, 0.3) is 0 Å². The molecule has 7 aromatic rings. The van der Waals surface area contributed by atoms with E-state index >= 15 is 0 Å². The van der Waals surface area contributed by atoms with Crippen LogP contribution in [0, 0.1) is 17.8 Å². The Morgan fingerprint density at radius 3 is 1.78 bits per heavy atom. The maximum absolute atomic E-state index is 12.1. The first-order chi connectivity index (χ1) is 30.8. The molecule has 3 aliphatic heterocycles. The number of thioether (sulfide) groups is 1. The fourth-order valence-corrected chi connectivity index (χ4v) is 8.18. The van der Waals surface area contributed by atoms with E-state index in [-0.39, 0.29) is 42.9 Å². The van der Waals surface area contributed by atoms with Gasteiger partial charge < -0.3 is 49.8 Å². The zero-order valence-electron chi connectivity index (χ0n) is 33.6. The lowest BCUT2D eigenvalue weighted by atomic mass is 10.3. The first-order valence-electron chi connectivity index (χ1n) is 18.5. The van der Waals surface area contributed by atoms with Crippen LogP contribution in [0.2, 0.25) is 0 Å². The van der Waals surface area contributed by atoms with Gasteiger partial charge in [-0.15, -0.1) is 45.9 Å². The van der Waals surface area contributed by atoms with Gasteiger partial charge in [-0.3, -0.25) is 14.4 Å². The van der Waals surface area contributed by atoms with Crippen LogP contribution in [0.15, 0.2) is 83.2 Å². The zero-order chi connectivity index (χ0) is 45.6. The highest BCUT2D eigenvalue weighted by atomic mass is 35.5. The molecule has 0 saturated heterocycles. The molecule has 3 aromatic carbocycles. The van der Waals surface area contributed by atoms with Gasteiger partial charge in [0.05, 0.1) is 21.0 Å². The Morgan fingerprint density at radius 2 is 1.20 bits per heavy atom. The fourth-order valence-electron chi connectivity index (χ4n) is 5.27. The number of amides is 2. The number of nitrogens with one attached hydrogen (secondary N) is 3. The van der Waals surface area contributed by atoms with E-state index in [2.05, 4.69) is 30.6 Å². The molecule has 0 aliphatic carbocycles. The van der Waals surface area contributed by atoms with Crippen LogP contribution in [0.25, 0.3) is 20.7 Å². The second kappa shape index (κ2) is 23.4. The average molecular weight is 1010 g/mol.